The predicted molar refractivity (Wildman–Crippen MR) is 127 cm³/mol. The number of carbonyl (C=O) groups is 3. The fourth-order valence-corrected chi connectivity index (χ4v) is 3.43. The first kappa shape index (κ1) is 23.5. The number of ketones is 1. The number of nitrogens with zero attached hydrogens (tertiary/aromatic N) is 1. The van der Waals surface area contributed by atoms with E-state index in [4.69, 9.17) is 25.8 Å². The third-order valence-corrected chi connectivity index (χ3v) is 5.15. The molecule has 0 aromatic heterocycles. The van der Waals surface area contributed by atoms with Crippen molar-refractivity contribution in [3.8, 4) is 17.6 Å². The van der Waals surface area contributed by atoms with Gasteiger partial charge in [0.1, 0.15) is 11.6 Å². The molecular weight excluding hydrogens is 472 g/mol. The lowest BCUT2D eigenvalue weighted by Crippen LogP contribution is -2.22. The Balaban J connectivity index is 1.42. The molecule has 0 saturated heterocycles. The molecule has 1 N–H and O–H groups in total. The number of hydrogen-bond acceptors (Lipinski definition) is 7. The van der Waals surface area contributed by atoms with Gasteiger partial charge in [-0.1, -0.05) is 48.0 Å². The number of nitriles is 1. The van der Waals surface area contributed by atoms with Gasteiger partial charge in [-0.05, 0) is 42.0 Å². The molecule has 0 spiro atoms. The zero-order valence-corrected chi connectivity index (χ0v) is 18.9. The fourth-order valence-electron chi connectivity index (χ4n) is 3.26. The molecule has 9 heteroatoms. The monoisotopic (exact) mass is 488 g/mol. The SMILES string of the molecule is N#C/C(=C\c1ccc2c(c1)OCO2)C(=O)OCC(=O)Nc1ccc(Cl)cc1C(=O)c1ccccc1. The lowest BCUT2D eigenvalue weighted by molar-refractivity contribution is -0.142. The molecule has 4 rings (SSSR count). The highest BCUT2D eigenvalue weighted by Gasteiger charge is 2.19. The highest BCUT2D eigenvalue weighted by atomic mass is 35.5. The highest BCUT2D eigenvalue weighted by molar-refractivity contribution is 6.31. The number of nitrogens with one attached hydrogen (secondary N) is 1. The molecule has 0 atom stereocenters. The molecule has 3 aromatic carbocycles. The number of benzene rings is 3. The molecule has 0 aliphatic carbocycles. The molecule has 1 aliphatic rings. The van der Waals surface area contributed by atoms with E-state index in [-0.39, 0.29) is 29.4 Å². The van der Waals surface area contributed by atoms with Gasteiger partial charge in [-0.25, -0.2) is 4.79 Å². The molecule has 0 saturated carbocycles. The molecule has 35 heavy (non-hydrogen) atoms. The van der Waals surface area contributed by atoms with Gasteiger partial charge < -0.3 is 19.5 Å². The maximum atomic E-state index is 12.9. The second-order valence-corrected chi connectivity index (χ2v) is 7.73. The molecule has 0 bridgehead atoms. The van der Waals surface area contributed by atoms with Crippen molar-refractivity contribution in [1.82, 2.24) is 0 Å². The summed E-state index contributed by atoms with van der Waals surface area (Å²) in [4.78, 5) is 37.7. The van der Waals surface area contributed by atoms with Gasteiger partial charge >= 0.3 is 5.97 Å². The quantitative estimate of drug-likeness (QED) is 0.227. The Bertz CT molecular complexity index is 1380. The maximum Gasteiger partial charge on any atom is 0.349 e. The molecule has 1 aliphatic heterocycles. The number of fused-ring (bicyclic) bond motifs is 1. The fraction of sp³-hybridized carbons (Fsp3) is 0.0769. The Kier molecular flexibility index (Phi) is 7.10. The first-order chi connectivity index (χ1) is 16.9. The van der Waals surface area contributed by atoms with E-state index < -0.39 is 18.5 Å². The second kappa shape index (κ2) is 10.5. The van der Waals surface area contributed by atoms with Crippen LogP contribution in [0.5, 0.6) is 11.5 Å². The third kappa shape index (κ3) is 5.66. The van der Waals surface area contributed by atoms with Crippen molar-refractivity contribution >= 4 is 41.0 Å². The molecule has 0 radical (unpaired) electrons. The van der Waals surface area contributed by atoms with E-state index in [1.807, 2.05) is 0 Å². The molecule has 0 unspecified atom stereocenters. The Labute approximate surface area is 205 Å². The topological polar surface area (TPSA) is 115 Å². The summed E-state index contributed by atoms with van der Waals surface area (Å²) in [7, 11) is 0. The molecular formula is C26H17ClN2O6. The van der Waals surface area contributed by atoms with Gasteiger partial charge in [0.25, 0.3) is 5.91 Å². The van der Waals surface area contributed by atoms with Crippen LogP contribution in [-0.2, 0) is 14.3 Å². The van der Waals surface area contributed by atoms with Crippen LogP contribution < -0.4 is 14.8 Å². The van der Waals surface area contributed by atoms with Gasteiger partial charge in [-0.15, -0.1) is 0 Å². The van der Waals surface area contributed by atoms with Crippen molar-refractivity contribution in [2.75, 3.05) is 18.7 Å². The summed E-state index contributed by atoms with van der Waals surface area (Å²) in [6.45, 7) is -0.572. The number of hydrogen-bond donors (Lipinski definition) is 1. The summed E-state index contributed by atoms with van der Waals surface area (Å²) >= 11 is 6.05. The second-order valence-electron chi connectivity index (χ2n) is 7.29. The van der Waals surface area contributed by atoms with Crippen LogP contribution in [0.4, 0.5) is 5.69 Å². The van der Waals surface area contributed by atoms with Gasteiger partial charge in [-0.3, -0.25) is 9.59 Å². The zero-order chi connectivity index (χ0) is 24.8. The minimum absolute atomic E-state index is 0.0943. The molecule has 1 amide bonds. The number of rotatable bonds is 7. The van der Waals surface area contributed by atoms with Gasteiger partial charge in [0.15, 0.2) is 23.9 Å². The number of ether oxygens (including phenoxy) is 3. The van der Waals surface area contributed by atoms with Crippen LogP contribution in [0.15, 0.2) is 72.3 Å². The van der Waals surface area contributed by atoms with Gasteiger partial charge in [-0.2, -0.15) is 5.26 Å². The van der Waals surface area contributed by atoms with Gasteiger partial charge in [0.05, 0.1) is 5.69 Å². The summed E-state index contributed by atoms with van der Waals surface area (Å²) in [5, 5.41) is 12.2. The molecule has 0 fully saturated rings. The zero-order valence-electron chi connectivity index (χ0n) is 18.1. The number of halogens is 1. The molecule has 174 valence electrons. The van der Waals surface area contributed by atoms with Crippen LogP contribution in [0.3, 0.4) is 0 Å². The average Bonchev–Trinajstić information content (AvgIpc) is 3.35. The van der Waals surface area contributed by atoms with E-state index in [0.717, 1.165) is 0 Å². The van der Waals surface area contributed by atoms with Crippen LogP contribution in [-0.4, -0.2) is 31.1 Å². The Morgan fingerprint density at radius 3 is 2.57 bits per heavy atom. The van der Waals surface area contributed by atoms with Crippen molar-refractivity contribution in [3.05, 3.63) is 94.0 Å². The Hall–Kier alpha value is -4.61. The van der Waals surface area contributed by atoms with E-state index in [0.29, 0.717) is 27.6 Å². The largest absolute Gasteiger partial charge is 0.454 e. The Morgan fingerprint density at radius 1 is 1.03 bits per heavy atom. The molecule has 8 nitrogen and oxygen atoms in total. The summed E-state index contributed by atoms with van der Waals surface area (Å²) in [5.41, 5.74) is 1.04. The van der Waals surface area contributed by atoms with E-state index in [1.54, 1.807) is 54.6 Å². The van der Waals surface area contributed by atoms with E-state index in [1.165, 1.54) is 24.3 Å². The lowest BCUT2D eigenvalue weighted by atomic mass is 10.0. The number of esters is 1. The minimum atomic E-state index is -0.975. The maximum absolute atomic E-state index is 12.9. The normalized spacial score (nSPS) is 11.9. The van der Waals surface area contributed by atoms with E-state index in [9.17, 15) is 19.6 Å². The van der Waals surface area contributed by atoms with Gasteiger partial charge in [0.2, 0.25) is 6.79 Å². The molecule has 3 aromatic rings. The lowest BCUT2D eigenvalue weighted by Gasteiger charge is -2.11. The predicted octanol–water partition coefficient (Wildman–Crippen LogP) is 4.39. The molecule has 1 heterocycles. The summed E-state index contributed by atoms with van der Waals surface area (Å²) < 4.78 is 15.5. The van der Waals surface area contributed by atoms with Crippen molar-refractivity contribution in [3.63, 3.8) is 0 Å². The van der Waals surface area contributed by atoms with Crippen LogP contribution >= 0.6 is 11.6 Å². The van der Waals surface area contributed by atoms with E-state index >= 15 is 0 Å². The highest BCUT2D eigenvalue weighted by Crippen LogP contribution is 2.33. The third-order valence-electron chi connectivity index (χ3n) is 4.92. The Morgan fingerprint density at radius 2 is 1.80 bits per heavy atom. The van der Waals surface area contributed by atoms with Crippen molar-refractivity contribution < 1.29 is 28.6 Å². The van der Waals surface area contributed by atoms with Crippen molar-refractivity contribution in [2.45, 2.75) is 0 Å². The number of amides is 1. The van der Waals surface area contributed by atoms with Crippen molar-refractivity contribution in [2.24, 2.45) is 0 Å². The van der Waals surface area contributed by atoms with E-state index in [2.05, 4.69) is 5.32 Å². The first-order valence-corrected chi connectivity index (χ1v) is 10.7. The van der Waals surface area contributed by atoms with Gasteiger partial charge in [0, 0.05) is 16.1 Å². The minimum Gasteiger partial charge on any atom is -0.454 e. The summed E-state index contributed by atoms with van der Waals surface area (Å²) in [6, 6.07) is 19.6. The van der Waals surface area contributed by atoms with Crippen LogP contribution in [0, 0.1) is 11.3 Å². The van der Waals surface area contributed by atoms with Crippen LogP contribution in [0.2, 0.25) is 5.02 Å². The first-order valence-electron chi connectivity index (χ1n) is 10.3. The summed E-state index contributed by atoms with van der Waals surface area (Å²) in [6.07, 6.45) is 1.32. The van der Waals surface area contributed by atoms with Crippen molar-refractivity contribution in [1.29, 1.82) is 5.26 Å². The number of anilines is 1. The average molecular weight is 489 g/mol. The van der Waals surface area contributed by atoms with Crippen LogP contribution in [0.25, 0.3) is 6.08 Å². The van der Waals surface area contributed by atoms with Crippen LogP contribution in [0.1, 0.15) is 21.5 Å². The smallest absolute Gasteiger partial charge is 0.349 e. The standard InChI is InChI=1S/C26H17ClN2O6/c27-19-7-8-21(20(12-19)25(31)17-4-2-1-3-5-17)29-24(30)14-33-26(32)18(13-28)10-16-6-9-22-23(11-16)35-15-34-22/h1-12H,14-15H2,(H,29,30)/b18-10+. The summed E-state index contributed by atoms with van der Waals surface area (Å²) in [5.74, 6) is -0.946. The number of carbonyl (C=O) groups excluding carboxylic acids is 3.